The Hall–Kier alpha value is -0.830. The fourth-order valence-electron chi connectivity index (χ4n) is 0.311. The zero-order valence-corrected chi connectivity index (χ0v) is 4.85. The third-order valence-electron chi connectivity index (χ3n) is 0.594. The molecule has 3 heteroatoms. The molecule has 3 nitrogen and oxygen atoms in total. The first-order valence-corrected chi connectivity index (χ1v) is 2.42. The maximum atomic E-state index is 10.4. The van der Waals surface area contributed by atoms with E-state index in [-0.39, 0.29) is 12.6 Å². The Balaban J connectivity index is 3.33. The van der Waals surface area contributed by atoms with Crippen molar-refractivity contribution in [1.29, 1.82) is 0 Å². The SMILES string of the molecule is CC=CC(=O)NCN. The van der Waals surface area contributed by atoms with Crippen molar-refractivity contribution < 1.29 is 4.79 Å². The average Bonchev–Trinajstić information content (AvgIpc) is 1.68. The fourth-order valence-corrected chi connectivity index (χ4v) is 0.311. The van der Waals surface area contributed by atoms with Gasteiger partial charge in [-0.2, -0.15) is 0 Å². The van der Waals surface area contributed by atoms with Gasteiger partial charge >= 0.3 is 0 Å². The average molecular weight is 114 g/mol. The monoisotopic (exact) mass is 114 g/mol. The molecular formula is C5H10N2O. The van der Waals surface area contributed by atoms with Crippen LogP contribution in [-0.4, -0.2) is 12.6 Å². The third-order valence-corrected chi connectivity index (χ3v) is 0.594. The molecule has 0 aliphatic rings. The Labute approximate surface area is 48.6 Å². The Morgan fingerprint density at radius 3 is 2.88 bits per heavy atom. The summed E-state index contributed by atoms with van der Waals surface area (Å²) in [7, 11) is 0. The van der Waals surface area contributed by atoms with Crippen LogP contribution < -0.4 is 11.1 Å². The van der Waals surface area contributed by atoms with E-state index in [2.05, 4.69) is 5.32 Å². The zero-order chi connectivity index (χ0) is 6.41. The summed E-state index contributed by atoms with van der Waals surface area (Å²) in [6, 6.07) is 0. The lowest BCUT2D eigenvalue weighted by Gasteiger charge is -1.91. The summed E-state index contributed by atoms with van der Waals surface area (Å²) >= 11 is 0. The lowest BCUT2D eigenvalue weighted by atomic mass is 10.5. The van der Waals surface area contributed by atoms with E-state index in [4.69, 9.17) is 5.73 Å². The van der Waals surface area contributed by atoms with Gasteiger partial charge in [-0.25, -0.2) is 0 Å². The van der Waals surface area contributed by atoms with Gasteiger partial charge in [-0.05, 0) is 13.0 Å². The van der Waals surface area contributed by atoms with E-state index in [1.54, 1.807) is 13.0 Å². The van der Waals surface area contributed by atoms with Crippen molar-refractivity contribution in [2.45, 2.75) is 6.92 Å². The van der Waals surface area contributed by atoms with Crippen LogP contribution in [0.25, 0.3) is 0 Å². The molecule has 0 aromatic heterocycles. The summed E-state index contributed by atoms with van der Waals surface area (Å²) in [5.41, 5.74) is 4.99. The molecule has 0 heterocycles. The van der Waals surface area contributed by atoms with Crippen LogP contribution in [-0.2, 0) is 4.79 Å². The maximum Gasteiger partial charge on any atom is 0.244 e. The van der Waals surface area contributed by atoms with Crippen molar-refractivity contribution in [3.8, 4) is 0 Å². The number of hydrogen-bond donors (Lipinski definition) is 2. The van der Waals surface area contributed by atoms with Crippen molar-refractivity contribution in [2.75, 3.05) is 6.67 Å². The van der Waals surface area contributed by atoms with Gasteiger partial charge in [-0.3, -0.25) is 4.79 Å². The molecule has 0 saturated carbocycles. The number of nitrogens with one attached hydrogen (secondary N) is 1. The van der Waals surface area contributed by atoms with Gasteiger partial charge in [-0.1, -0.05) is 6.08 Å². The van der Waals surface area contributed by atoms with Crippen LogP contribution in [0.15, 0.2) is 12.2 Å². The number of rotatable bonds is 2. The summed E-state index contributed by atoms with van der Waals surface area (Å²) in [6.07, 6.45) is 3.08. The van der Waals surface area contributed by atoms with Crippen molar-refractivity contribution in [1.82, 2.24) is 5.32 Å². The summed E-state index contributed by atoms with van der Waals surface area (Å²) in [4.78, 5) is 10.4. The number of nitrogens with two attached hydrogens (primary N) is 1. The second-order valence-corrected chi connectivity index (χ2v) is 1.25. The second-order valence-electron chi connectivity index (χ2n) is 1.25. The van der Waals surface area contributed by atoms with Gasteiger partial charge < -0.3 is 11.1 Å². The van der Waals surface area contributed by atoms with Crippen molar-refractivity contribution in [3.05, 3.63) is 12.2 Å². The first-order valence-electron chi connectivity index (χ1n) is 2.42. The molecular weight excluding hydrogens is 104 g/mol. The van der Waals surface area contributed by atoms with Crippen LogP contribution in [0.5, 0.6) is 0 Å². The third kappa shape index (κ3) is 3.36. The number of carbonyl (C=O) groups excluding carboxylic acids is 1. The van der Waals surface area contributed by atoms with Gasteiger partial charge in [0.2, 0.25) is 5.91 Å². The topological polar surface area (TPSA) is 55.1 Å². The van der Waals surface area contributed by atoms with Gasteiger partial charge in [-0.15, -0.1) is 0 Å². The van der Waals surface area contributed by atoms with Crippen molar-refractivity contribution >= 4 is 5.91 Å². The number of amides is 1. The van der Waals surface area contributed by atoms with E-state index >= 15 is 0 Å². The van der Waals surface area contributed by atoms with E-state index in [0.29, 0.717) is 0 Å². The molecule has 0 aliphatic heterocycles. The van der Waals surface area contributed by atoms with E-state index in [1.807, 2.05) is 0 Å². The molecule has 0 atom stereocenters. The van der Waals surface area contributed by atoms with Crippen LogP contribution >= 0.6 is 0 Å². The van der Waals surface area contributed by atoms with Crippen LogP contribution in [0.1, 0.15) is 6.92 Å². The predicted molar refractivity (Wildman–Crippen MR) is 32.0 cm³/mol. The largest absolute Gasteiger partial charge is 0.340 e. The molecule has 0 radical (unpaired) electrons. The summed E-state index contributed by atoms with van der Waals surface area (Å²) in [5.74, 6) is -0.144. The number of hydrogen-bond acceptors (Lipinski definition) is 2. The summed E-state index contributed by atoms with van der Waals surface area (Å²) in [6.45, 7) is 1.97. The number of carbonyl (C=O) groups is 1. The van der Waals surface area contributed by atoms with Gasteiger partial charge in [0.1, 0.15) is 0 Å². The molecule has 46 valence electrons. The van der Waals surface area contributed by atoms with Crippen LogP contribution in [0, 0.1) is 0 Å². The molecule has 8 heavy (non-hydrogen) atoms. The van der Waals surface area contributed by atoms with Crippen LogP contribution in [0.4, 0.5) is 0 Å². The molecule has 3 N–H and O–H groups in total. The molecule has 0 rings (SSSR count). The van der Waals surface area contributed by atoms with Crippen molar-refractivity contribution in [3.63, 3.8) is 0 Å². The van der Waals surface area contributed by atoms with Crippen LogP contribution in [0.3, 0.4) is 0 Å². The van der Waals surface area contributed by atoms with Crippen LogP contribution in [0.2, 0.25) is 0 Å². The molecule has 0 aromatic carbocycles. The van der Waals surface area contributed by atoms with E-state index in [9.17, 15) is 4.79 Å². The first-order chi connectivity index (χ1) is 3.81. The lowest BCUT2D eigenvalue weighted by Crippen LogP contribution is -2.27. The van der Waals surface area contributed by atoms with E-state index in [0.717, 1.165) is 0 Å². The van der Waals surface area contributed by atoms with Gasteiger partial charge in [0, 0.05) is 0 Å². The smallest absolute Gasteiger partial charge is 0.244 e. The molecule has 0 fully saturated rings. The molecule has 0 unspecified atom stereocenters. The molecule has 0 spiro atoms. The highest BCUT2D eigenvalue weighted by Gasteiger charge is 1.85. The number of allylic oxidation sites excluding steroid dienone is 1. The lowest BCUT2D eigenvalue weighted by molar-refractivity contribution is -0.116. The summed E-state index contributed by atoms with van der Waals surface area (Å²) in [5, 5.41) is 2.40. The highest BCUT2D eigenvalue weighted by molar-refractivity contribution is 5.87. The van der Waals surface area contributed by atoms with Gasteiger partial charge in [0.15, 0.2) is 0 Å². The van der Waals surface area contributed by atoms with E-state index in [1.165, 1.54) is 6.08 Å². The maximum absolute atomic E-state index is 10.4. The molecule has 0 aromatic rings. The standard InChI is InChI=1S/C5H10N2O/c1-2-3-5(8)7-4-6/h2-3H,4,6H2,1H3,(H,7,8). The molecule has 0 saturated heterocycles. The zero-order valence-electron chi connectivity index (χ0n) is 4.85. The predicted octanol–water partition coefficient (Wildman–Crippen LogP) is -0.405. The normalized spacial score (nSPS) is 9.75. The minimum absolute atomic E-state index is 0.144. The molecule has 0 bridgehead atoms. The highest BCUT2D eigenvalue weighted by atomic mass is 16.1. The summed E-state index contributed by atoms with van der Waals surface area (Å²) < 4.78 is 0. The highest BCUT2D eigenvalue weighted by Crippen LogP contribution is 1.67. The Morgan fingerprint density at radius 1 is 1.88 bits per heavy atom. The quantitative estimate of drug-likeness (QED) is 0.379. The molecule has 0 aliphatic carbocycles. The first kappa shape index (κ1) is 7.17. The minimum Gasteiger partial charge on any atom is -0.340 e. The Kier molecular flexibility index (Phi) is 3.88. The Bertz CT molecular complexity index is 98.6. The molecule has 1 amide bonds. The fraction of sp³-hybridized carbons (Fsp3) is 0.400. The Morgan fingerprint density at radius 2 is 2.50 bits per heavy atom. The van der Waals surface area contributed by atoms with Gasteiger partial charge in [0.25, 0.3) is 0 Å². The second kappa shape index (κ2) is 4.33. The minimum atomic E-state index is -0.144. The van der Waals surface area contributed by atoms with Gasteiger partial charge in [0.05, 0.1) is 6.67 Å². The van der Waals surface area contributed by atoms with Crippen molar-refractivity contribution in [2.24, 2.45) is 5.73 Å². The van der Waals surface area contributed by atoms with E-state index < -0.39 is 0 Å².